The molecule has 0 radical (unpaired) electrons. The van der Waals surface area contributed by atoms with Crippen molar-refractivity contribution < 1.29 is 19.4 Å². The van der Waals surface area contributed by atoms with E-state index in [9.17, 15) is 9.59 Å². The van der Waals surface area contributed by atoms with E-state index in [1.54, 1.807) is 43.5 Å². The van der Waals surface area contributed by atoms with E-state index in [2.05, 4.69) is 10.6 Å². The van der Waals surface area contributed by atoms with Crippen LogP contribution in [0, 0.1) is 0 Å². The van der Waals surface area contributed by atoms with Gasteiger partial charge in [0, 0.05) is 11.3 Å². The highest BCUT2D eigenvalue weighted by atomic mass is 32.1. The van der Waals surface area contributed by atoms with Crippen LogP contribution < -0.4 is 15.4 Å². The van der Waals surface area contributed by atoms with Crippen LogP contribution in [0.15, 0.2) is 48.5 Å². The van der Waals surface area contributed by atoms with Crippen molar-refractivity contribution in [3.8, 4) is 5.75 Å². The Bertz CT molecular complexity index is 727. The van der Waals surface area contributed by atoms with E-state index < -0.39 is 5.97 Å². The molecule has 0 saturated heterocycles. The minimum atomic E-state index is -1.01. The molecular formula is C16H14N2O4S. The smallest absolute Gasteiger partial charge is 0.335 e. The standard InChI is InChI=1S/C16H14N2O4S/c1-22-13-8-4-10(5-9-13)14(19)18-16(23)17-12-6-2-11(3-7-12)15(20)21/h2-9H,1H3,(H,20,21)(H2,17,18,19,23). The molecule has 0 fully saturated rings. The SMILES string of the molecule is COc1ccc(C(=O)NC(=S)Nc2ccc(C(=O)O)cc2)cc1. The summed E-state index contributed by atoms with van der Waals surface area (Å²) in [4.78, 5) is 22.8. The summed E-state index contributed by atoms with van der Waals surface area (Å²) in [5, 5.41) is 14.3. The summed E-state index contributed by atoms with van der Waals surface area (Å²) in [5.74, 6) is -0.708. The average Bonchev–Trinajstić information content (AvgIpc) is 2.55. The number of anilines is 1. The van der Waals surface area contributed by atoms with Gasteiger partial charge in [-0.1, -0.05) is 0 Å². The topological polar surface area (TPSA) is 87.7 Å². The molecule has 7 heteroatoms. The largest absolute Gasteiger partial charge is 0.497 e. The van der Waals surface area contributed by atoms with Gasteiger partial charge in [0.1, 0.15) is 5.75 Å². The van der Waals surface area contributed by atoms with E-state index in [1.165, 1.54) is 12.1 Å². The molecule has 0 heterocycles. The first-order valence-corrected chi connectivity index (χ1v) is 7.00. The highest BCUT2D eigenvalue weighted by Gasteiger charge is 2.08. The Morgan fingerprint density at radius 1 is 1.00 bits per heavy atom. The summed E-state index contributed by atoms with van der Waals surface area (Å²) in [6.45, 7) is 0. The predicted octanol–water partition coefficient (Wildman–Crippen LogP) is 2.52. The van der Waals surface area contributed by atoms with Crippen molar-refractivity contribution in [1.82, 2.24) is 5.32 Å². The van der Waals surface area contributed by atoms with Crippen molar-refractivity contribution in [3.05, 3.63) is 59.7 Å². The monoisotopic (exact) mass is 330 g/mol. The number of amides is 1. The first-order chi connectivity index (χ1) is 11.0. The zero-order chi connectivity index (χ0) is 16.8. The lowest BCUT2D eigenvalue weighted by atomic mass is 10.2. The van der Waals surface area contributed by atoms with Crippen molar-refractivity contribution in [2.24, 2.45) is 0 Å². The molecule has 23 heavy (non-hydrogen) atoms. The van der Waals surface area contributed by atoms with Gasteiger partial charge in [-0.15, -0.1) is 0 Å². The molecule has 0 spiro atoms. The number of aromatic carboxylic acids is 1. The Morgan fingerprint density at radius 2 is 1.57 bits per heavy atom. The number of benzene rings is 2. The van der Waals surface area contributed by atoms with Crippen molar-refractivity contribution in [2.75, 3.05) is 12.4 Å². The molecule has 0 aliphatic carbocycles. The third-order valence-electron chi connectivity index (χ3n) is 2.97. The van der Waals surface area contributed by atoms with Gasteiger partial charge < -0.3 is 15.2 Å². The fraction of sp³-hybridized carbons (Fsp3) is 0.0625. The zero-order valence-electron chi connectivity index (χ0n) is 12.2. The maximum absolute atomic E-state index is 12.0. The van der Waals surface area contributed by atoms with E-state index in [0.29, 0.717) is 17.0 Å². The first-order valence-electron chi connectivity index (χ1n) is 6.59. The number of ether oxygens (including phenoxy) is 1. The minimum absolute atomic E-state index is 0.119. The molecule has 2 aromatic rings. The lowest BCUT2D eigenvalue weighted by Crippen LogP contribution is -2.34. The van der Waals surface area contributed by atoms with Crippen LogP contribution in [0.25, 0.3) is 0 Å². The molecule has 2 aromatic carbocycles. The number of nitrogens with one attached hydrogen (secondary N) is 2. The second-order valence-electron chi connectivity index (χ2n) is 4.52. The van der Waals surface area contributed by atoms with Crippen molar-refractivity contribution in [2.45, 2.75) is 0 Å². The first kappa shape index (κ1) is 16.4. The minimum Gasteiger partial charge on any atom is -0.497 e. The number of carboxylic acid groups (broad SMARTS) is 1. The van der Waals surface area contributed by atoms with Crippen LogP contribution in [0.4, 0.5) is 5.69 Å². The summed E-state index contributed by atoms with van der Waals surface area (Å²) < 4.78 is 5.02. The van der Waals surface area contributed by atoms with Crippen LogP contribution in [0.2, 0.25) is 0 Å². The Hall–Kier alpha value is -2.93. The molecule has 118 valence electrons. The molecule has 0 bridgehead atoms. The molecule has 0 atom stereocenters. The van der Waals surface area contributed by atoms with Crippen LogP contribution in [-0.4, -0.2) is 29.2 Å². The molecular weight excluding hydrogens is 316 g/mol. The number of carboxylic acids is 1. The van der Waals surface area contributed by atoms with Crippen molar-refractivity contribution in [1.29, 1.82) is 0 Å². The fourth-order valence-electron chi connectivity index (χ4n) is 1.78. The molecule has 2 rings (SSSR count). The Labute approximate surface area is 138 Å². The molecule has 0 unspecified atom stereocenters. The van der Waals surface area contributed by atoms with Crippen LogP contribution in [0.1, 0.15) is 20.7 Å². The van der Waals surface area contributed by atoms with E-state index in [0.717, 1.165) is 0 Å². The summed E-state index contributed by atoms with van der Waals surface area (Å²) in [7, 11) is 1.55. The average molecular weight is 330 g/mol. The van der Waals surface area contributed by atoms with E-state index in [4.69, 9.17) is 22.1 Å². The Balaban J connectivity index is 1.95. The number of hydrogen-bond acceptors (Lipinski definition) is 4. The number of rotatable bonds is 4. The van der Waals surface area contributed by atoms with Crippen LogP contribution in [-0.2, 0) is 0 Å². The number of carbonyl (C=O) groups is 2. The third-order valence-corrected chi connectivity index (χ3v) is 3.17. The predicted molar refractivity (Wildman–Crippen MR) is 90.1 cm³/mol. The van der Waals surface area contributed by atoms with Crippen LogP contribution in [0.5, 0.6) is 5.75 Å². The van der Waals surface area contributed by atoms with E-state index >= 15 is 0 Å². The summed E-state index contributed by atoms with van der Waals surface area (Å²) in [5.41, 5.74) is 1.19. The van der Waals surface area contributed by atoms with Crippen molar-refractivity contribution in [3.63, 3.8) is 0 Å². The van der Waals surface area contributed by atoms with E-state index in [-0.39, 0.29) is 16.6 Å². The molecule has 0 saturated carbocycles. The number of methoxy groups -OCH3 is 1. The highest BCUT2D eigenvalue weighted by Crippen LogP contribution is 2.12. The van der Waals surface area contributed by atoms with Gasteiger partial charge in [0.15, 0.2) is 5.11 Å². The molecule has 1 amide bonds. The second-order valence-corrected chi connectivity index (χ2v) is 4.93. The quantitative estimate of drug-likeness (QED) is 0.747. The second kappa shape index (κ2) is 7.37. The Kier molecular flexibility index (Phi) is 5.27. The van der Waals surface area contributed by atoms with Gasteiger partial charge in [0.05, 0.1) is 12.7 Å². The molecule has 0 aromatic heterocycles. The van der Waals surface area contributed by atoms with Gasteiger partial charge in [0.25, 0.3) is 5.91 Å². The molecule has 3 N–H and O–H groups in total. The number of carbonyl (C=O) groups excluding carboxylic acids is 1. The summed E-state index contributed by atoms with van der Waals surface area (Å²) in [6.07, 6.45) is 0. The molecule has 0 aliphatic rings. The fourth-order valence-corrected chi connectivity index (χ4v) is 1.99. The Morgan fingerprint density at radius 3 is 2.09 bits per heavy atom. The van der Waals surface area contributed by atoms with Crippen LogP contribution in [0.3, 0.4) is 0 Å². The zero-order valence-corrected chi connectivity index (χ0v) is 13.0. The number of hydrogen-bond donors (Lipinski definition) is 3. The van der Waals surface area contributed by atoms with Gasteiger partial charge >= 0.3 is 5.97 Å². The normalized spacial score (nSPS) is 9.78. The van der Waals surface area contributed by atoms with Gasteiger partial charge in [0.2, 0.25) is 0 Å². The molecule has 0 aliphatic heterocycles. The van der Waals surface area contributed by atoms with Crippen molar-refractivity contribution >= 4 is 34.9 Å². The van der Waals surface area contributed by atoms with Crippen LogP contribution >= 0.6 is 12.2 Å². The maximum Gasteiger partial charge on any atom is 0.335 e. The van der Waals surface area contributed by atoms with Gasteiger partial charge in [-0.2, -0.15) is 0 Å². The molecule has 6 nitrogen and oxygen atoms in total. The van der Waals surface area contributed by atoms with Gasteiger partial charge in [-0.3, -0.25) is 10.1 Å². The lowest BCUT2D eigenvalue weighted by molar-refractivity contribution is 0.0696. The third kappa shape index (κ3) is 4.52. The van der Waals surface area contributed by atoms with E-state index in [1.807, 2.05) is 0 Å². The maximum atomic E-state index is 12.0. The van der Waals surface area contributed by atoms with Gasteiger partial charge in [-0.25, -0.2) is 4.79 Å². The highest BCUT2D eigenvalue weighted by molar-refractivity contribution is 7.80. The van der Waals surface area contributed by atoms with Gasteiger partial charge in [-0.05, 0) is 60.7 Å². The lowest BCUT2D eigenvalue weighted by Gasteiger charge is -2.10. The summed E-state index contributed by atoms with van der Waals surface area (Å²) >= 11 is 5.06. The summed E-state index contributed by atoms with van der Waals surface area (Å²) in [6, 6.07) is 12.6. The number of thiocarbonyl (C=S) groups is 1.